The van der Waals surface area contributed by atoms with Crippen LogP contribution in [0, 0.1) is 0 Å². The Bertz CT molecular complexity index is 357. The lowest BCUT2D eigenvalue weighted by Gasteiger charge is -2.29. The molecule has 0 aliphatic rings. The van der Waals surface area contributed by atoms with E-state index in [1.165, 1.54) is 11.3 Å². The lowest BCUT2D eigenvalue weighted by molar-refractivity contribution is 0.747. The minimum absolute atomic E-state index is 0.537. The number of thioether (sulfide) groups is 1. The van der Waals surface area contributed by atoms with E-state index in [-0.39, 0.29) is 0 Å². The number of nitrogens with zero attached hydrogens (tertiary/aromatic N) is 1. The predicted octanol–water partition coefficient (Wildman–Crippen LogP) is 3.36. The Labute approximate surface area is 117 Å². The molecule has 4 heteroatoms. The fourth-order valence-corrected chi connectivity index (χ4v) is 2.85. The number of nitrogens with one attached hydrogen (secondary N) is 1. The van der Waals surface area contributed by atoms with Crippen molar-refractivity contribution in [1.29, 1.82) is 0 Å². The minimum atomic E-state index is 0.537. The molecule has 0 aliphatic carbocycles. The molecule has 1 aromatic carbocycles. The highest BCUT2D eigenvalue weighted by Crippen LogP contribution is 2.26. The molecule has 0 aliphatic heterocycles. The molecule has 1 unspecified atom stereocenters. The van der Waals surface area contributed by atoms with Crippen LogP contribution in [0.3, 0.4) is 0 Å². The summed E-state index contributed by atoms with van der Waals surface area (Å²) >= 11 is 5.44. The van der Waals surface area contributed by atoms with Crippen molar-refractivity contribution in [3.63, 3.8) is 0 Å². The normalized spacial score (nSPS) is 12.5. The van der Waals surface area contributed by atoms with E-state index in [1.807, 2.05) is 18.8 Å². The van der Waals surface area contributed by atoms with Gasteiger partial charge in [-0.2, -0.15) is 11.8 Å². The predicted molar refractivity (Wildman–Crippen MR) is 83.2 cm³/mol. The third-order valence-corrected chi connectivity index (χ3v) is 4.17. The summed E-state index contributed by atoms with van der Waals surface area (Å²) in [7, 11) is 4.15. The van der Waals surface area contributed by atoms with E-state index in [4.69, 9.17) is 0 Å². The van der Waals surface area contributed by atoms with Crippen molar-refractivity contribution in [3.8, 4) is 0 Å². The molecule has 0 aromatic heterocycles. The van der Waals surface area contributed by atoms with Gasteiger partial charge < -0.3 is 10.2 Å². The second kappa shape index (κ2) is 7.29. The largest absolute Gasteiger partial charge is 0.371 e. The molecule has 0 amide bonds. The number of hydrogen-bond donors (Lipinski definition) is 1. The van der Waals surface area contributed by atoms with Gasteiger partial charge in [0.05, 0.1) is 0 Å². The third-order valence-electron chi connectivity index (χ3n) is 2.86. The second-order valence-electron chi connectivity index (χ2n) is 4.22. The Hall–Kier alpha value is -0.190. The van der Waals surface area contributed by atoms with Gasteiger partial charge in [0, 0.05) is 35.5 Å². The zero-order chi connectivity index (χ0) is 12.8. The fraction of sp³-hybridized carbons (Fsp3) is 0.538. The second-order valence-corrected chi connectivity index (χ2v) is 6.04. The highest BCUT2D eigenvalue weighted by Gasteiger charge is 2.13. The molecule has 96 valence electrons. The molecule has 1 aromatic rings. The van der Waals surface area contributed by atoms with Gasteiger partial charge in [0.2, 0.25) is 0 Å². The molecule has 0 spiro atoms. The van der Waals surface area contributed by atoms with Gasteiger partial charge in [-0.25, -0.2) is 0 Å². The molecule has 17 heavy (non-hydrogen) atoms. The Kier molecular flexibility index (Phi) is 6.38. The maximum absolute atomic E-state index is 3.55. The highest BCUT2D eigenvalue weighted by atomic mass is 79.9. The summed E-state index contributed by atoms with van der Waals surface area (Å²) in [6.45, 7) is 3.17. The lowest BCUT2D eigenvalue weighted by atomic mass is 10.1. The van der Waals surface area contributed by atoms with Gasteiger partial charge >= 0.3 is 0 Å². The zero-order valence-electron chi connectivity index (χ0n) is 11.0. The summed E-state index contributed by atoms with van der Waals surface area (Å²) < 4.78 is 1.13. The Morgan fingerprint density at radius 3 is 2.76 bits per heavy atom. The summed E-state index contributed by atoms with van der Waals surface area (Å²) in [5.41, 5.74) is 2.64. The van der Waals surface area contributed by atoms with E-state index in [1.54, 1.807) is 0 Å². The molecule has 0 bridgehead atoms. The molecular weight excluding hydrogens is 296 g/mol. The minimum Gasteiger partial charge on any atom is -0.371 e. The Balaban J connectivity index is 2.96. The zero-order valence-corrected chi connectivity index (χ0v) is 13.4. The Morgan fingerprint density at radius 1 is 1.47 bits per heavy atom. The van der Waals surface area contributed by atoms with Crippen LogP contribution in [0.5, 0.6) is 0 Å². The van der Waals surface area contributed by atoms with Gasteiger partial charge in [0.1, 0.15) is 0 Å². The van der Waals surface area contributed by atoms with Crippen molar-refractivity contribution < 1.29 is 0 Å². The van der Waals surface area contributed by atoms with E-state index < -0.39 is 0 Å². The van der Waals surface area contributed by atoms with E-state index in [2.05, 4.69) is 64.6 Å². The number of halogens is 1. The topological polar surface area (TPSA) is 15.3 Å². The number of anilines is 1. The van der Waals surface area contributed by atoms with Gasteiger partial charge in [0.15, 0.2) is 0 Å². The van der Waals surface area contributed by atoms with Crippen LogP contribution in [0.1, 0.15) is 12.5 Å². The molecule has 0 heterocycles. The van der Waals surface area contributed by atoms with Crippen LogP contribution in [-0.4, -0.2) is 32.1 Å². The quantitative estimate of drug-likeness (QED) is 0.866. The van der Waals surface area contributed by atoms with Crippen LogP contribution >= 0.6 is 27.7 Å². The molecule has 0 radical (unpaired) electrons. The van der Waals surface area contributed by atoms with Crippen molar-refractivity contribution in [2.24, 2.45) is 0 Å². The van der Waals surface area contributed by atoms with E-state index in [0.29, 0.717) is 6.04 Å². The summed E-state index contributed by atoms with van der Waals surface area (Å²) in [5, 5.41) is 3.22. The van der Waals surface area contributed by atoms with Gasteiger partial charge in [0.25, 0.3) is 0 Å². The number of hydrogen-bond acceptors (Lipinski definition) is 3. The van der Waals surface area contributed by atoms with Gasteiger partial charge in [-0.1, -0.05) is 22.0 Å². The lowest BCUT2D eigenvalue weighted by Crippen LogP contribution is -2.32. The van der Waals surface area contributed by atoms with Gasteiger partial charge in [-0.05, 0) is 37.9 Å². The first kappa shape index (κ1) is 14.9. The number of rotatable bonds is 6. The van der Waals surface area contributed by atoms with Crippen molar-refractivity contribution in [2.45, 2.75) is 19.5 Å². The molecule has 1 rings (SSSR count). The molecule has 2 nitrogen and oxygen atoms in total. The first-order valence-electron chi connectivity index (χ1n) is 5.75. The van der Waals surface area contributed by atoms with Crippen LogP contribution in [0.15, 0.2) is 22.7 Å². The molecule has 0 saturated heterocycles. The maximum Gasteiger partial charge on any atom is 0.0423 e. The van der Waals surface area contributed by atoms with Gasteiger partial charge in [-0.15, -0.1) is 0 Å². The van der Waals surface area contributed by atoms with Crippen molar-refractivity contribution in [2.75, 3.05) is 31.0 Å². The van der Waals surface area contributed by atoms with E-state index in [9.17, 15) is 0 Å². The van der Waals surface area contributed by atoms with E-state index >= 15 is 0 Å². The standard InChI is InChI=1S/C13H21BrN2S/c1-10(9-17-4)16(3)13-7-12(14)6-5-11(13)8-15-2/h5-7,10,15H,8-9H2,1-4H3. The molecule has 1 atom stereocenters. The molecule has 0 fully saturated rings. The first-order valence-corrected chi connectivity index (χ1v) is 7.93. The van der Waals surface area contributed by atoms with Crippen molar-refractivity contribution >= 4 is 33.4 Å². The van der Waals surface area contributed by atoms with Crippen LogP contribution < -0.4 is 10.2 Å². The summed E-state index contributed by atoms with van der Waals surface area (Å²) in [6, 6.07) is 7.01. The molecule has 1 N–H and O–H groups in total. The summed E-state index contributed by atoms with van der Waals surface area (Å²) in [5.74, 6) is 1.14. The van der Waals surface area contributed by atoms with Crippen LogP contribution in [0.4, 0.5) is 5.69 Å². The maximum atomic E-state index is 3.55. The fourth-order valence-electron chi connectivity index (χ4n) is 1.80. The van der Waals surface area contributed by atoms with Crippen LogP contribution in [0.25, 0.3) is 0 Å². The average molecular weight is 317 g/mol. The Morgan fingerprint density at radius 2 is 2.18 bits per heavy atom. The summed E-state index contributed by atoms with van der Waals surface area (Å²) in [6.07, 6.45) is 2.15. The first-order chi connectivity index (χ1) is 8.10. The monoisotopic (exact) mass is 316 g/mol. The van der Waals surface area contributed by atoms with Crippen LogP contribution in [0.2, 0.25) is 0 Å². The van der Waals surface area contributed by atoms with E-state index in [0.717, 1.165) is 16.8 Å². The van der Waals surface area contributed by atoms with Crippen molar-refractivity contribution in [1.82, 2.24) is 5.32 Å². The summed E-state index contributed by atoms with van der Waals surface area (Å²) in [4.78, 5) is 2.36. The van der Waals surface area contributed by atoms with Gasteiger partial charge in [-0.3, -0.25) is 0 Å². The van der Waals surface area contributed by atoms with Crippen LogP contribution in [-0.2, 0) is 6.54 Å². The smallest absolute Gasteiger partial charge is 0.0423 e. The third kappa shape index (κ3) is 4.19. The highest BCUT2D eigenvalue weighted by molar-refractivity contribution is 9.10. The van der Waals surface area contributed by atoms with Crippen molar-refractivity contribution in [3.05, 3.63) is 28.2 Å². The number of benzene rings is 1. The average Bonchev–Trinajstić information content (AvgIpc) is 2.31. The molecule has 0 saturated carbocycles. The molecular formula is C13H21BrN2S. The SMILES string of the molecule is CNCc1ccc(Br)cc1N(C)C(C)CSC.